The number of aromatic nitrogens is 2. The summed E-state index contributed by atoms with van der Waals surface area (Å²) in [6.45, 7) is 0.431. The predicted octanol–water partition coefficient (Wildman–Crippen LogP) is 5.05. The Hall–Kier alpha value is -3.13. The van der Waals surface area contributed by atoms with Crippen LogP contribution in [0.25, 0.3) is 16.2 Å². The van der Waals surface area contributed by atoms with Gasteiger partial charge < -0.3 is 5.32 Å². The van der Waals surface area contributed by atoms with Gasteiger partial charge >= 0.3 is 6.18 Å². The number of imidazole rings is 1. The fourth-order valence-corrected chi connectivity index (χ4v) is 3.80. The molecule has 2 aromatic heterocycles. The summed E-state index contributed by atoms with van der Waals surface area (Å²) >= 11 is 1.35. The third kappa shape index (κ3) is 4.02. The molecule has 29 heavy (non-hydrogen) atoms. The first-order chi connectivity index (χ1) is 13.9. The maximum absolute atomic E-state index is 12.9. The monoisotopic (exact) mass is 415 g/mol. The van der Waals surface area contributed by atoms with E-state index < -0.39 is 11.7 Å². The molecule has 4 aromatic rings. The number of nitrogens with zero attached hydrogens (tertiary/aromatic N) is 2. The molecule has 0 unspecified atom stereocenters. The first-order valence-corrected chi connectivity index (χ1v) is 9.77. The van der Waals surface area contributed by atoms with Gasteiger partial charge in [-0.25, -0.2) is 4.98 Å². The van der Waals surface area contributed by atoms with Crippen molar-refractivity contribution in [3.63, 3.8) is 0 Å². The van der Waals surface area contributed by atoms with Gasteiger partial charge in [0.1, 0.15) is 0 Å². The van der Waals surface area contributed by atoms with Crippen LogP contribution in [0.1, 0.15) is 21.6 Å². The van der Waals surface area contributed by atoms with Gasteiger partial charge in [0.05, 0.1) is 11.3 Å². The molecule has 4 nitrogen and oxygen atoms in total. The van der Waals surface area contributed by atoms with Crippen molar-refractivity contribution in [2.75, 3.05) is 6.54 Å². The lowest BCUT2D eigenvalue weighted by Gasteiger charge is -2.09. The van der Waals surface area contributed by atoms with Crippen molar-refractivity contribution in [2.24, 2.45) is 0 Å². The Balaban J connectivity index is 1.60. The molecule has 0 aliphatic carbocycles. The summed E-state index contributed by atoms with van der Waals surface area (Å²) in [4.78, 5) is 17.8. The number of carbonyl (C=O) groups is 1. The highest BCUT2D eigenvalue weighted by molar-refractivity contribution is 7.15. The molecule has 0 spiro atoms. The molecule has 0 atom stereocenters. The standard InChI is InChI=1S/C21H16F3N3OS/c22-21(23,24)16-8-6-15(7-9-16)18-17(26-20-27(18)12-13-29-20)19(28)25-11-10-14-4-2-1-3-5-14/h1-9,12-13H,10-11H2,(H,25,28). The number of fused-ring (bicyclic) bond motifs is 1. The van der Waals surface area contributed by atoms with Gasteiger partial charge in [-0.1, -0.05) is 42.5 Å². The van der Waals surface area contributed by atoms with E-state index in [0.717, 1.165) is 17.7 Å². The van der Waals surface area contributed by atoms with E-state index in [0.29, 0.717) is 29.2 Å². The van der Waals surface area contributed by atoms with Crippen LogP contribution < -0.4 is 5.32 Å². The highest BCUT2D eigenvalue weighted by atomic mass is 32.1. The Morgan fingerprint density at radius 1 is 1.07 bits per heavy atom. The number of nitrogens with one attached hydrogen (secondary N) is 1. The van der Waals surface area contributed by atoms with Crippen LogP contribution in [0.5, 0.6) is 0 Å². The van der Waals surface area contributed by atoms with Crippen LogP contribution in [0, 0.1) is 0 Å². The van der Waals surface area contributed by atoms with Crippen molar-refractivity contribution in [3.05, 3.63) is 83.0 Å². The number of amides is 1. The van der Waals surface area contributed by atoms with E-state index in [1.54, 1.807) is 10.6 Å². The largest absolute Gasteiger partial charge is 0.416 e. The minimum atomic E-state index is -4.41. The maximum Gasteiger partial charge on any atom is 0.416 e. The van der Waals surface area contributed by atoms with E-state index in [9.17, 15) is 18.0 Å². The maximum atomic E-state index is 12.9. The van der Waals surface area contributed by atoms with Gasteiger partial charge in [-0.2, -0.15) is 13.2 Å². The summed E-state index contributed by atoms with van der Waals surface area (Å²) in [6, 6.07) is 14.5. The van der Waals surface area contributed by atoms with E-state index in [4.69, 9.17) is 0 Å². The Morgan fingerprint density at radius 2 is 1.79 bits per heavy atom. The fourth-order valence-electron chi connectivity index (χ4n) is 3.09. The van der Waals surface area contributed by atoms with Gasteiger partial charge in [-0.05, 0) is 24.1 Å². The molecule has 0 bridgehead atoms. The zero-order valence-electron chi connectivity index (χ0n) is 15.1. The Labute approximate surface area is 168 Å². The number of hydrogen-bond donors (Lipinski definition) is 1. The molecule has 0 radical (unpaired) electrons. The molecule has 8 heteroatoms. The molecule has 0 fully saturated rings. The average Bonchev–Trinajstić information content (AvgIpc) is 3.29. The number of alkyl halides is 3. The van der Waals surface area contributed by atoms with Gasteiger partial charge in [0.15, 0.2) is 10.7 Å². The van der Waals surface area contributed by atoms with Crippen LogP contribution in [0.2, 0.25) is 0 Å². The number of carbonyl (C=O) groups excluding carboxylic acids is 1. The first-order valence-electron chi connectivity index (χ1n) is 8.89. The lowest BCUT2D eigenvalue weighted by molar-refractivity contribution is -0.137. The highest BCUT2D eigenvalue weighted by Gasteiger charge is 2.30. The zero-order valence-corrected chi connectivity index (χ0v) is 15.9. The van der Waals surface area contributed by atoms with Gasteiger partial charge in [-0.3, -0.25) is 9.20 Å². The second-order valence-corrected chi connectivity index (χ2v) is 7.30. The van der Waals surface area contributed by atoms with Gasteiger partial charge in [0.25, 0.3) is 5.91 Å². The SMILES string of the molecule is O=C(NCCc1ccccc1)c1nc2sccn2c1-c1ccc(C(F)(F)F)cc1. The third-order valence-corrected chi connectivity index (χ3v) is 5.26. The Bertz CT molecular complexity index is 1130. The first kappa shape index (κ1) is 19.2. The molecule has 0 aliphatic heterocycles. The van der Waals surface area contributed by atoms with E-state index in [1.807, 2.05) is 35.7 Å². The number of thiazole rings is 1. The van der Waals surface area contributed by atoms with Crippen molar-refractivity contribution >= 4 is 22.2 Å². The molecular weight excluding hydrogens is 399 g/mol. The van der Waals surface area contributed by atoms with Crippen molar-refractivity contribution < 1.29 is 18.0 Å². The van der Waals surface area contributed by atoms with Crippen molar-refractivity contribution in [3.8, 4) is 11.3 Å². The van der Waals surface area contributed by atoms with Gasteiger partial charge in [0, 0.05) is 23.7 Å². The second kappa shape index (κ2) is 7.71. The van der Waals surface area contributed by atoms with Crippen LogP contribution in [-0.4, -0.2) is 21.8 Å². The molecular formula is C21H16F3N3OS. The van der Waals surface area contributed by atoms with E-state index >= 15 is 0 Å². The minimum Gasteiger partial charge on any atom is -0.350 e. The summed E-state index contributed by atoms with van der Waals surface area (Å²) in [6.07, 6.45) is -1.99. The lowest BCUT2D eigenvalue weighted by atomic mass is 10.1. The van der Waals surface area contributed by atoms with Crippen molar-refractivity contribution in [1.29, 1.82) is 0 Å². The molecule has 2 heterocycles. The van der Waals surface area contributed by atoms with E-state index in [-0.39, 0.29) is 11.6 Å². The zero-order chi connectivity index (χ0) is 20.4. The van der Waals surface area contributed by atoms with Gasteiger partial charge in [0.2, 0.25) is 0 Å². The van der Waals surface area contributed by atoms with Crippen LogP contribution in [0.3, 0.4) is 0 Å². The number of benzene rings is 2. The minimum absolute atomic E-state index is 0.199. The average molecular weight is 415 g/mol. The van der Waals surface area contributed by atoms with E-state index in [2.05, 4.69) is 10.3 Å². The summed E-state index contributed by atoms with van der Waals surface area (Å²) in [5.41, 5.74) is 1.54. The third-order valence-electron chi connectivity index (χ3n) is 4.50. The summed E-state index contributed by atoms with van der Waals surface area (Å²) < 4.78 is 40.3. The van der Waals surface area contributed by atoms with Crippen molar-refractivity contribution in [1.82, 2.24) is 14.7 Å². The summed E-state index contributed by atoms with van der Waals surface area (Å²) in [7, 11) is 0. The molecule has 0 aliphatic rings. The van der Waals surface area contributed by atoms with Crippen LogP contribution >= 0.6 is 11.3 Å². The predicted molar refractivity (Wildman–Crippen MR) is 106 cm³/mol. The molecule has 0 saturated carbocycles. The molecule has 4 rings (SSSR count). The van der Waals surface area contributed by atoms with Gasteiger partial charge in [-0.15, -0.1) is 11.3 Å². The normalized spacial score (nSPS) is 11.7. The number of halogens is 3. The van der Waals surface area contributed by atoms with Crippen LogP contribution in [0.15, 0.2) is 66.2 Å². The molecule has 148 valence electrons. The van der Waals surface area contributed by atoms with Crippen LogP contribution in [-0.2, 0) is 12.6 Å². The molecule has 1 N–H and O–H groups in total. The lowest BCUT2D eigenvalue weighted by Crippen LogP contribution is -2.26. The highest BCUT2D eigenvalue weighted by Crippen LogP contribution is 2.32. The smallest absolute Gasteiger partial charge is 0.350 e. The molecule has 0 saturated heterocycles. The van der Waals surface area contributed by atoms with Crippen LogP contribution in [0.4, 0.5) is 13.2 Å². The topological polar surface area (TPSA) is 46.4 Å². The number of hydrogen-bond acceptors (Lipinski definition) is 3. The quantitative estimate of drug-likeness (QED) is 0.496. The Morgan fingerprint density at radius 3 is 2.48 bits per heavy atom. The second-order valence-electron chi connectivity index (χ2n) is 6.43. The van der Waals surface area contributed by atoms with Crippen molar-refractivity contribution in [2.45, 2.75) is 12.6 Å². The molecule has 1 amide bonds. The Kier molecular flexibility index (Phi) is 5.10. The molecule has 2 aromatic carbocycles. The summed E-state index contributed by atoms with van der Waals surface area (Å²) in [5.74, 6) is -0.355. The van der Waals surface area contributed by atoms with E-state index in [1.165, 1.54) is 23.5 Å². The number of rotatable bonds is 5. The summed E-state index contributed by atoms with van der Waals surface area (Å²) in [5, 5.41) is 4.67. The fraction of sp³-hybridized carbons (Fsp3) is 0.143.